The molecule has 0 aliphatic rings. The van der Waals surface area contributed by atoms with E-state index in [4.69, 9.17) is 11.0 Å². The summed E-state index contributed by atoms with van der Waals surface area (Å²) >= 11 is 0. The Morgan fingerprint density at radius 3 is 2.58 bits per heavy atom. The fraction of sp³-hybridized carbons (Fsp3) is 0.154. The molecule has 0 saturated heterocycles. The molecule has 0 aliphatic carbocycles. The molecule has 96 valence electrons. The Hall–Kier alpha value is -2.68. The quantitative estimate of drug-likeness (QED) is 0.803. The molecular formula is C13H10FN3O2. The fourth-order valence-electron chi connectivity index (χ4n) is 1.79. The molecule has 0 bridgehead atoms. The Kier molecular flexibility index (Phi) is 3.05. The lowest BCUT2D eigenvalue weighted by molar-refractivity contribution is 0.599. The summed E-state index contributed by atoms with van der Waals surface area (Å²) in [5.74, 6) is -0.559. The summed E-state index contributed by atoms with van der Waals surface area (Å²) in [6, 6.07) is 5.32. The lowest BCUT2D eigenvalue weighted by atomic mass is 10.0. The Morgan fingerprint density at radius 2 is 2.05 bits per heavy atom. The van der Waals surface area contributed by atoms with Gasteiger partial charge in [-0.2, -0.15) is 5.26 Å². The smallest absolute Gasteiger partial charge is 0.253 e. The summed E-state index contributed by atoms with van der Waals surface area (Å²) in [7, 11) is 0. The third kappa shape index (κ3) is 2.06. The predicted molar refractivity (Wildman–Crippen MR) is 68.9 cm³/mol. The fourth-order valence-corrected chi connectivity index (χ4v) is 1.79. The normalized spacial score (nSPS) is 12.1. The zero-order valence-electron chi connectivity index (χ0n) is 10.0. The van der Waals surface area contributed by atoms with E-state index in [-0.39, 0.29) is 22.5 Å². The highest BCUT2D eigenvalue weighted by Crippen LogP contribution is 2.23. The van der Waals surface area contributed by atoms with Gasteiger partial charge in [-0.3, -0.25) is 9.59 Å². The van der Waals surface area contributed by atoms with Gasteiger partial charge in [0.15, 0.2) is 0 Å². The number of nitrogens with one attached hydrogen (secondary N) is 1. The Bertz CT molecular complexity index is 754. The van der Waals surface area contributed by atoms with Crippen molar-refractivity contribution >= 4 is 11.4 Å². The van der Waals surface area contributed by atoms with Crippen molar-refractivity contribution in [3.05, 3.63) is 55.6 Å². The van der Waals surface area contributed by atoms with Gasteiger partial charge >= 0.3 is 0 Å². The molecule has 0 radical (unpaired) electrons. The number of hydrogen-bond acceptors (Lipinski definition) is 5. The SMILES string of the molecule is CC(Nc1c(N)c(=O)c1=O)c1ccc(C#N)cc1F. The maximum absolute atomic E-state index is 13.7. The van der Waals surface area contributed by atoms with Gasteiger partial charge in [0.1, 0.15) is 17.2 Å². The minimum atomic E-state index is -0.727. The van der Waals surface area contributed by atoms with Crippen LogP contribution in [0.3, 0.4) is 0 Å². The molecule has 3 N–H and O–H groups in total. The Morgan fingerprint density at radius 1 is 1.37 bits per heavy atom. The van der Waals surface area contributed by atoms with Crippen molar-refractivity contribution in [3.8, 4) is 6.07 Å². The average molecular weight is 259 g/mol. The molecule has 2 aromatic rings. The number of nitrogen functional groups attached to an aromatic ring is 1. The molecule has 2 aromatic carbocycles. The summed E-state index contributed by atoms with van der Waals surface area (Å²) < 4.78 is 13.7. The van der Waals surface area contributed by atoms with E-state index < -0.39 is 22.7 Å². The first-order valence-corrected chi connectivity index (χ1v) is 5.50. The lowest BCUT2D eigenvalue weighted by Crippen LogP contribution is -2.37. The molecule has 0 fully saturated rings. The predicted octanol–water partition coefficient (Wildman–Crippen LogP) is 1.05. The van der Waals surface area contributed by atoms with Crippen LogP contribution in [-0.2, 0) is 0 Å². The minimum Gasteiger partial charge on any atom is -0.394 e. The monoisotopic (exact) mass is 259 g/mol. The molecule has 1 unspecified atom stereocenters. The molecule has 0 spiro atoms. The van der Waals surface area contributed by atoms with Gasteiger partial charge in [0.2, 0.25) is 0 Å². The topological polar surface area (TPSA) is 96.0 Å². The third-order valence-electron chi connectivity index (χ3n) is 2.90. The number of nitrogens with zero attached hydrogens (tertiary/aromatic N) is 1. The Labute approximate surface area is 107 Å². The van der Waals surface area contributed by atoms with Crippen LogP contribution in [0.15, 0.2) is 27.8 Å². The summed E-state index contributed by atoms with van der Waals surface area (Å²) in [6.45, 7) is 1.63. The van der Waals surface area contributed by atoms with Gasteiger partial charge in [0.05, 0.1) is 17.7 Å². The second kappa shape index (κ2) is 4.53. The molecule has 5 nitrogen and oxygen atoms in total. The zero-order valence-corrected chi connectivity index (χ0v) is 10.0. The van der Waals surface area contributed by atoms with E-state index in [9.17, 15) is 14.0 Å². The summed E-state index contributed by atoms with van der Waals surface area (Å²) in [6.07, 6.45) is 0. The van der Waals surface area contributed by atoms with Crippen LogP contribution in [0.1, 0.15) is 24.1 Å². The van der Waals surface area contributed by atoms with E-state index in [1.54, 1.807) is 6.92 Å². The van der Waals surface area contributed by atoms with Crippen molar-refractivity contribution in [2.75, 3.05) is 11.1 Å². The van der Waals surface area contributed by atoms with Crippen molar-refractivity contribution in [2.45, 2.75) is 13.0 Å². The van der Waals surface area contributed by atoms with Gasteiger partial charge in [-0.05, 0) is 19.1 Å². The van der Waals surface area contributed by atoms with Crippen molar-refractivity contribution in [3.63, 3.8) is 0 Å². The van der Waals surface area contributed by atoms with Crippen LogP contribution < -0.4 is 21.9 Å². The number of rotatable bonds is 3. The zero-order chi connectivity index (χ0) is 14.2. The second-order valence-electron chi connectivity index (χ2n) is 4.16. The van der Waals surface area contributed by atoms with Gasteiger partial charge in [-0.25, -0.2) is 4.39 Å². The summed E-state index contributed by atoms with van der Waals surface area (Å²) in [4.78, 5) is 22.2. The standard InChI is InChI=1S/C13H10FN3O2/c1-6(17-11-10(16)12(18)13(11)19)8-3-2-7(5-15)4-9(8)14/h2-4,6,17H,16H2,1H3. The van der Waals surface area contributed by atoms with Gasteiger partial charge in [-0.1, -0.05) is 6.07 Å². The number of halogens is 1. The maximum atomic E-state index is 13.7. The molecular weight excluding hydrogens is 249 g/mol. The van der Waals surface area contributed by atoms with Crippen LogP contribution in [0.2, 0.25) is 0 Å². The molecule has 0 aliphatic heterocycles. The Balaban J connectivity index is 2.27. The van der Waals surface area contributed by atoms with Crippen molar-refractivity contribution in [1.82, 2.24) is 0 Å². The lowest BCUT2D eigenvalue weighted by Gasteiger charge is -2.18. The highest BCUT2D eigenvalue weighted by Gasteiger charge is 2.21. The number of benzene rings is 1. The molecule has 1 atom stereocenters. The van der Waals surface area contributed by atoms with Gasteiger partial charge in [-0.15, -0.1) is 0 Å². The molecule has 0 saturated carbocycles. The van der Waals surface area contributed by atoms with Crippen molar-refractivity contribution < 1.29 is 4.39 Å². The number of hydrogen-bond donors (Lipinski definition) is 2. The first-order valence-electron chi connectivity index (χ1n) is 5.50. The van der Waals surface area contributed by atoms with Gasteiger partial charge < -0.3 is 11.1 Å². The molecule has 0 heterocycles. The van der Waals surface area contributed by atoms with Crippen molar-refractivity contribution in [1.29, 1.82) is 5.26 Å². The van der Waals surface area contributed by atoms with E-state index in [0.717, 1.165) is 6.07 Å². The van der Waals surface area contributed by atoms with E-state index >= 15 is 0 Å². The van der Waals surface area contributed by atoms with E-state index in [1.807, 2.05) is 6.07 Å². The number of anilines is 2. The van der Waals surface area contributed by atoms with Crippen LogP contribution in [0.5, 0.6) is 0 Å². The second-order valence-corrected chi connectivity index (χ2v) is 4.16. The minimum absolute atomic E-state index is 0.0151. The first kappa shape index (κ1) is 12.8. The van der Waals surface area contributed by atoms with Crippen LogP contribution in [0.4, 0.5) is 15.8 Å². The summed E-state index contributed by atoms with van der Waals surface area (Å²) in [5, 5.41) is 11.3. The largest absolute Gasteiger partial charge is 0.394 e. The van der Waals surface area contributed by atoms with Crippen LogP contribution >= 0.6 is 0 Å². The third-order valence-corrected chi connectivity index (χ3v) is 2.90. The highest BCUT2D eigenvalue weighted by molar-refractivity contribution is 5.71. The van der Waals surface area contributed by atoms with Gasteiger partial charge in [0, 0.05) is 5.56 Å². The molecule has 6 heteroatoms. The van der Waals surface area contributed by atoms with E-state index in [1.165, 1.54) is 12.1 Å². The molecule has 0 aromatic heterocycles. The molecule has 19 heavy (non-hydrogen) atoms. The first-order chi connectivity index (χ1) is 8.95. The number of nitrogens with two attached hydrogens (primary N) is 1. The summed E-state index contributed by atoms with van der Waals surface area (Å²) in [5.41, 5.74) is 4.33. The average Bonchev–Trinajstić information content (AvgIpc) is 2.42. The highest BCUT2D eigenvalue weighted by atomic mass is 19.1. The van der Waals surface area contributed by atoms with Gasteiger partial charge in [0.25, 0.3) is 10.9 Å². The number of nitriles is 1. The molecule has 2 rings (SSSR count). The van der Waals surface area contributed by atoms with E-state index in [2.05, 4.69) is 5.32 Å². The van der Waals surface area contributed by atoms with Crippen LogP contribution in [0, 0.1) is 17.1 Å². The van der Waals surface area contributed by atoms with Crippen molar-refractivity contribution in [2.24, 2.45) is 0 Å². The maximum Gasteiger partial charge on any atom is 0.253 e. The van der Waals surface area contributed by atoms with Crippen LogP contribution in [-0.4, -0.2) is 0 Å². The molecule has 0 amide bonds. The van der Waals surface area contributed by atoms with E-state index in [0.29, 0.717) is 0 Å². The van der Waals surface area contributed by atoms with Crippen LogP contribution in [0.25, 0.3) is 0 Å².